The van der Waals surface area contributed by atoms with Gasteiger partial charge in [-0.15, -0.1) is 0 Å². The summed E-state index contributed by atoms with van der Waals surface area (Å²) in [5, 5.41) is 2.46. The second kappa shape index (κ2) is 9.40. The molecule has 2 aliphatic heterocycles. The van der Waals surface area contributed by atoms with Crippen LogP contribution in [0.25, 0.3) is 26.4 Å². The van der Waals surface area contributed by atoms with Gasteiger partial charge in [-0.3, -0.25) is 0 Å². The van der Waals surface area contributed by atoms with Crippen LogP contribution in [0.2, 0.25) is 0 Å². The molecular weight excluding hydrogens is 601 g/mol. The Morgan fingerprint density at radius 3 is 1.91 bits per heavy atom. The Morgan fingerprint density at radius 1 is 0.674 bits per heavy atom. The van der Waals surface area contributed by atoms with E-state index >= 15 is 0 Å². The van der Waals surface area contributed by atoms with Crippen molar-refractivity contribution in [1.29, 1.82) is 0 Å². The fourth-order valence-electron chi connectivity index (χ4n) is 6.74. The molecule has 210 valence electrons. The van der Waals surface area contributed by atoms with E-state index in [0.717, 1.165) is 14.2 Å². The van der Waals surface area contributed by atoms with Gasteiger partial charge < -0.3 is 0 Å². The number of aromatic nitrogens is 1. The summed E-state index contributed by atoms with van der Waals surface area (Å²) in [5.41, 5.74) is 5.58. The number of imide groups is 2. The first-order chi connectivity index (χ1) is 20.9. The molecule has 4 heterocycles. The van der Waals surface area contributed by atoms with E-state index < -0.39 is 23.8 Å². The number of anilines is 2. The third-order valence-corrected chi connectivity index (χ3v) is 11.3. The topological polar surface area (TPSA) is 62.6 Å². The Balaban J connectivity index is 1.26. The minimum absolute atomic E-state index is 0.119. The molecule has 0 aliphatic carbocycles. The monoisotopic (exact) mass is 629 g/mol. The van der Waals surface area contributed by atoms with Gasteiger partial charge >= 0.3 is 255 Å². The number of carbonyl (C=O) groups excluding carboxylic acids is 3. The number of barbiturate groups is 1. The van der Waals surface area contributed by atoms with Crippen LogP contribution < -0.4 is 9.80 Å². The number of benzene rings is 4. The molecule has 0 atom stereocenters. The summed E-state index contributed by atoms with van der Waals surface area (Å²) >= 11 is -0.119. The minimum atomic E-state index is -1.01. The van der Waals surface area contributed by atoms with Crippen LogP contribution >= 0.6 is 0 Å². The molecule has 0 spiro atoms. The molecule has 1 fully saturated rings. The van der Waals surface area contributed by atoms with E-state index in [0.29, 0.717) is 11.4 Å². The summed E-state index contributed by atoms with van der Waals surface area (Å²) in [5.74, 6) is -1.97. The average molecular weight is 629 g/mol. The van der Waals surface area contributed by atoms with E-state index in [1.165, 1.54) is 37.5 Å². The second-order valence-electron chi connectivity index (χ2n) is 11.7. The summed E-state index contributed by atoms with van der Waals surface area (Å²) in [6, 6.07) is 34.4. The predicted octanol–water partition coefficient (Wildman–Crippen LogP) is 6.84. The van der Waals surface area contributed by atoms with Crippen molar-refractivity contribution in [3.63, 3.8) is 0 Å². The van der Waals surface area contributed by atoms with Gasteiger partial charge in [-0.05, 0) is 0 Å². The van der Waals surface area contributed by atoms with Crippen molar-refractivity contribution in [2.24, 2.45) is 5.92 Å². The van der Waals surface area contributed by atoms with E-state index in [1.54, 1.807) is 48.5 Å². The molecule has 0 N–H and O–H groups in total. The zero-order valence-electron chi connectivity index (χ0n) is 23.7. The van der Waals surface area contributed by atoms with Gasteiger partial charge in [0.2, 0.25) is 0 Å². The van der Waals surface area contributed by atoms with E-state index in [9.17, 15) is 14.4 Å². The Hall–Kier alpha value is -4.71. The van der Waals surface area contributed by atoms with E-state index in [1.807, 2.05) is 12.1 Å². The van der Waals surface area contributed by atoms with Crippen molar-refractivity contribution in [2.45, 2.75) is 25.7 Å². The van der Waals surface area contributed by atoms with E-state index in [4.69, 9.17) is 0 Å². The molecule has 43 heavy (non-hydrogen) atoms. The van der Waals surface area contributed by atoms with Crippen molar-refractivity contribution in [3.8, 4) is 4.56 Å². The van der Waals surface area contributed by atoms with Crippen LogP contribution in [-0.2, 0) is 21.4 Å². The Morgan fingerprint density at radius 2 is 1.26 bits per heavy atom. The molecule has 2 aromatic heterocycles. The molecule has 7 heteroatoms. The fraction of sp³-hybridized carbons (Fsp3) is 0.139. The normalized spacial score (nSPS) is 16.4. The molecule has 6 nitrogen and oxygen atoms in total. The number of amides is 4. The molecule has 0 radical (unpaired) electrons. The summed E-state index contributed by atoms with van der Waals surface area (Å²) in [6.07, 6.45) is 0.263. The molecule has 2 aliphatic rings. The predicted molar refractivity (Wildman–Crippen MR) is 170 cm³/mol. The SMILES string of the molecule is CC1(C)c2cc(CC3C(=O)N(c4ccccc4)C(=O)N(c4ccccc4)C3=O)[se]c2-n2c3ccccc3c3cccc1c32. The third kappa shape index (κ3) is 3.68. The first kappa shape index (κ1) is 26.0. The van der Waals surface area contributed by atoms with Gasteiger partial charge in [-0.1, -0.05) is 0 Å². The van der Waals surface area contributed by atoms with Crippen LogP contribution in [0.15, 0.2) is 109 Å². The first-order valence-electron chi connectivity index (χ1n) is 14.3. The first-order valence-corrected chi connectivity index (χ1v) is 16.1. The summed E-state index contributed by atoms with van der Waals surface area (Å²) in [6.45, 7) is 4.52. The van der Waals surface area contributed by atoms with E-state index in [-0.39, 0.29) is 26.3 Å². The van der Waals surface area contributed by atoms with Gasteiger partial charge in [-0.2, -0.15) is 0 Å². The second-order valence-corrected chi connectivity index (χ2v) is 14.0. The summed E-state index contributed by atoms with van der Waals surface area (Å²) < 4.78 is 4.74. The molecule has 6 aromatic rings. The average Bonchev–Trinajstić information content (AvgIpc) is 3.60. The number of hydrogen-bond donors (Lipinski definition) is 0. The van der Waals surface area contributed by atoms with Crippen molar-refractivity contribution in [1.82, 2.24) is 4.57 Å². The molecule has 4 aromatic carbocycles. The number of nitrogens with zero attached hydrogens (tertiary/aromatic N) is 3. The van der Waals surface area contributed by atoms with Crippen LogP contribution in [0.5, 0.6) is 0 Å². The molecule has 0 bridgehead atoms. The number of carbonyl (C=O) groups is 3. The quantitative estimate of drug-likeness (QED) is 0.159. The van der Waals surface area contributed by atoms with Gasteiger partial charge in [0, 0.05) is 0 Å². The van der Waals surface area contributed by atoms with Gasteiger partial charge in [0.15, 0.2) is 0 Å². The maximum atomic E-state index is 14.0. The maximum absolute atomic E-state index is 14.0. The molecule has 4 amide bonds. The number of para-hydroxylation sites is 4. The Bertz CT molecular complexity index is 2050. The van der Waals surface area contributed by atoms with Gasteiger partial charge in [0.05, 0.1) is 0 Å². The fourth-order valence-corrected chi connectivity index (χ4v) is 9.63. The van der Waals surface area contributed by atoms with Gasteiger partial charge in [0.25, 0.3) is 0 Å². The van der Waals surface area contributed by atoms with Crippen LogP contribution in [0.4, 0.5) is 16.2 Å². The number of rotatable bonds is 4. The molecule has 0 unspecified atom stereocenters. The zero-order valence-corrected chi connectivity index (χ0v) is 25.4. The molecule has 8 rings (SSSR count). The summed E-state index contributed by atoms with van der Waals surface area (Å²) in [7, 11) is 0. The van der Waals surface area contributed by atoms with E-state index in [2.05, 4.69) is 66.9 Å². The number of fused-ring (bicyclic) bond motifs is 5. The molecule has 1 saturated heterocycles. The summed E-state index contributed by atoms with van der Waals surface area (Å²) in [4.78, 5) is 44.1. The molecule has 0 saturated carbocycles. The van der Waals surface area contributed by atoms with Crippen molar-refractivity contribution < 1.29 is 14.4 Å². The van der Waals surface area contributed by atoms with Crippen LogP contribution in [0.1, 0.15) is 29.4 Å². The van der Waals surface area contributed by atoms with Gasteiger partial charge in [0.1, 0.15) is 0 Å². The Kier molecular flexibility index (Phi) is 5.67. The number of urea groups is 1. The van der Waals surface area contributed by atoms with Crippen molar-refractivity contribution in [2.75, 3.05) is 9.80 Å². The third-order valence-electron chi connectivity index (χ3n) is 8.86. The zero-order chi connectivity index (χ0) is 29.5. The Labute approximate surface area is 254 Å². The molecular formula is C36H27N3O3Se. The van der Waals surface area contributed by atoms with Crippen LogP contribution in [0, 0.1) is 5.92 Å². The van der Waals surface area contributed by atoms with Crippen molar-refractivity contribution in [3.05, 3.63) is 125 Å². The van der Waals surface area contributed by atoms with Crippen LogP contribution in [-0.4, -0.2) is 36.9 Å². The van der Waals surface area contributed by atoms with Crippen LogP contribution in [0.3, 0.4) is 0 Å². The van der Waals surface area contributed by atoms with Crippen molar-refractivity contribution >= 4 is 65.5 Å². The standard InChI is InChI=1S/C36H27N3O3Se/c1-36(2)28-18-11-17-26-25-16-9-10-19-30(25)39(31(26)28)34-29(36)21-24(43-34)20-27-32(40)37(22-12-5-3-6-13-22)35(42)38(33(27)41)23-14-7-4-8-15-23/h3-19,21,27H,20H2,1-2H3. The number of hydrogen-bond acceptors (Lipinski definition) is 3. The van der Waals surface area contributed by atoms with Gasteiger partial charge in [-0.25, -0.2) is 0 Å².